The molecule has 19 heavy (non-hydrogen) atoms. The number of carbonyl (C=O) groups excluding carboxylic acids is 1. The molecule has 0 spiro atoms. The van der Waals surface area contributed by atoms with Gasteiger partial charge in [0.05, 0.1) is 0 Å². The summed E-state index contributed by atoms with van der Waals surface area (Å²) in [4.78, 5) is 14.3. The Morgan fingerprint density at radius 3 is 2.16 bits per heavy atom. The lowest BCUT2D eigenvalue weighted by Gasteiger charge is -2.31. The minimum absolute atomic E-state index is 0. The number of amides is 1. The van der Waals surface area contributed by atoms with E-state index in [-0.39, 0.29) is 42.2 Å². The summed E-state index contributed by atoms with van der Waals surface area (Å²) in [5, 5.41) is 3.03. The molecule has 4 nitrogen and oxygen atoms in total. The van der Waals surface area contributed by atoms with Gasteiger partial charge >= 0.3 is 0 Å². The van der Waals surface area contributed by atoms with E-state index in [1.54, 1.807) is 0 Å². The third-order valence-electron chi connectivity index (χ3n) is 4.11. The Bertz CT molecular complexity index is 252. The van der Waals surface area contributed by atoms with Gasteiger partial charge in [0.15, 0.2) is 0 Å². The largest absolute Gasteiger partial charge is 0.354 e. The minimum Gasteiger partial charge on any atom is -0.354 e. The van der Waals surface area contributed by atoms with Crippen molar-refractivity contribution in [3.05, 3.63) is 0 Å². The average molecular weight is 314 g/mol. The van der Waals surface area contributed by atoms with Gasteiger partial charge < -0.3 is 16.0 Å². The summed E-state index contributed by atoms with van der Waals surface area (Å²) in [6.45, 7) is 6.79. The Balaban J connectivity index is 0. The highest BCUT2D eigenvalue weighted by Crippen LogP contribution is 2.16. The van der Waals surface area contributed by atoms with Crippen LogP contribution in [-0.2, 0) is 4.79 Å². The lowest BCUT2D eigenvalue weighted by Crippen LogP contribution is -2.51. The van der Waals surface area contributed by atoms with Gasteiger partial charge in [-0.15, -0.1) is 24.8 Å². The number of carbonyl (C=O) groups is 1. The summed E-state index contributed by atoms with van der Waals surface area (Å²) in [6.07, 6.45) is 3.74. The Kier molecular flexibility index (Phi) is 11.0. The van der Waals surface area contributed by atoms with E-state index in [1.165, 1.54) is 0 Å². The van der Waals surface area contributed by atoms with Gasteiger partial charge in [-0.3, -0.25) is 4.79 Å². The van der Waals surface area contributed by atoms with Crippen molar-refractivity contribution in [2.24, 2.45) is 11.7 Å². The van der Waals surface area contributed by atoms with Gasteiger partial charge in [0.1, 0.15) is 0 Å². The van der Waals surface area contributed by atoms with Crippen molar-refractivity contribution in [2.45, 2.75) is 45.1 Å². The summed E-state index contributed by atoms with van der Waals surface area (Å²) in [7, 11) is 2.10. The van der Waals surface area contributed by atoms with Crippen molar-refractivity contribution in [1.82, 2.24) is 10.2 Å². The van der Waals surface area contributed by atoms with Crippen LogP contribution in [0.2, 0.25) is 0 Å². The predicted octanol–water partition coefficient (Wildman–Crippen LogP) is 1.81. The molecular weight excluding hydrogens is 285 g/mol. The number of likely N-dealkylation sites (tertiary alicyclic amines) is 1. The highest BCUT2D eigenvalue weighted by molar-refractivity contribution is 5.85. The van der Waals surface area contributed by atoms with Crippen LogP contribution in [0.25, 0.3) is 0 Å². The van der Waals surface area contributed by atoms with Crippen molar-refractivity contribution in [2.75, 3.05) is 26.7 Å². The molecule has 1 aliphatic rings. The van der Waals surface area contributed by atoms with Crippen LogP contribution in [0, 0.1) is 5.92 Å². The summed E-state index contributed by atoms with van der Waals surface area (Å²) in [5.74, 6) is 0.374. The number of hydrogen-bond donors (Lipinski definition) is 2. The molecule has 1 rings (SSSR count). The van der Waals surface area contributed by atoms with Crippen LogP contribution in [0.1, 0.15) is 39.5 Å². The highest BCUT2D eigenvalue weighted by Gasteiger charge is 2.26. The third-order valence-corrected chi connectivity index (χ3v) is 4.11. The molecule has 116 valence electrons. The van der Waals surface area contributed by atoms with Crippen molar-refractivity contribution in [1.29, 1.82) is 0 Å². The zero-order chi connectivity index (χ0) is 12.9. The quantitative estimate of drug-likeness (QED) is 0.813. The fraction of sp³-hybridized carbons (Fsp3) is 0.923. The van der Waals surface area contributed by atoms with Crippen molar-refractivity contribution >= 4 is 30.7 Å². The predicted molar refractivity (Wildman–Crippen MR) is 85.2 cm³/mol. The first-order valence-corrected chi connectivity index (χ1v) is 6.76. The number of halogens is 2. The van der Waals surface area contributed by atoms with E-state index < -0.39 is 0 Å². The molecule has 1 aliphatic heterocycles. The number of nitrogens with one attached hydrogen (secondary N) is 1. The first kappa shape index (κ1) is 21.3. The summed E-state index contributed by atoms with van der Waals surface area (Å²) < 4.78 is 0. The Morgan fingerprint density at radius 2 is 1.74 bits per heavy atom. The maximum absolute atomic E-state index is 12.0. The monoisotopic (exact) mass is 313 g/mol. The summed E-state index contributed by atoms with van der Waals surface area (Å²) in [5.41, 5.74) is 5.94. The fourth-order valence-corrected chi connectivity index (χ4v) is 2.18. The number of piperidine rings is 1. The van der Waals surface area contributed by atoms with Gasteiger partial charge in [0, 0.05) is 18.0 Å². The van der Waals surface area contributed by atoms with E-state index in [4.69, 9.17) is 5.73 Å². The van der Waals surface area contributed by atoms with Gasteiger partial charge in [0.25, 0.3) is 0 Å². The number of rotatable bonds is 5. The lowest BCUT2D eigenvalue weighted by atomic mass is 9.92. The van der Waals surface area contributed by atoms with Gasteiger partial charge in [-0.05, 0) is 45.8 Å². The molecule has 0 aromatic rings. The van der Waals surface area contributed by atoms with Crippen LogP contribution < -0.4 is 11.1 Å². The maximum atomic E-state index is 12.0. The summed E-state index contributed by atoms with van der Waals surface area (Å²) in [6, 6.07) is 0. The average Bonchev–Trinajstić information content (AvgIpc) is 2.36. The molecule has 0 aromatic carbocycles. The second-order valence-corrected chi connectivity index (χ2v) is 5.36. The smallest absolute Gasteiger partial charge is 0.223 e. The van der Waals surface area contributed by atoms with E-state index >= 15 is 0 Å². The van der Waals surface area contributed by atoms with Gasteiger partial charge in [-0.2, -0.15) is 0 Å². The molecule has 1 fully saturated rings. The molecule has 0 bridgehead atoms. The van der Waals surface area contributed by atoms with Crippen LogP contribution in [0.5, 0.6) is 0 Å². The van der Waals surface area contributed by atoms with E-state index in [1.807, 2.05) is 0 Å². The Hall–Kier alpha value is -0.0300. The molecule has 3 N–H and O–H groups in total. The Labute approximate surface area is 129 Å². The zero-order valence-electron chi connectivity index (χ0n) is 12.3. The lowest BCUT2D eigenvalue weighted by molar-refractivity contribution is -0.126. The van der Waals surface area contributed by atoms with Crippen LogP contribution in [0.3, 0.4) is 0 Å². The van der Waals surface area contributed by atoms with Crippen molar-refractivity contribution in [3.8, 4) is 0 Å². The second kappa shape index (κ2) is 9.81. The van der Waals surface area contributed by atoms with Crippen LogP contribution in [0.4, 0.5) is 0 Å². The van der Waals surface area contributed by atoms with Crippen molar-refractivity contribution in [3.63, 3.8) is 0 Å². The van der Waals surface area contributed by atoms with Crippen molar-refractivity contribution < 1.29 is 4.79 Å². The molecule has 0 atom stereocenters. The normalized spacial score (nSPS) is 17.3. The van der Waals surface area contributed by atoms with Crippen LogP contribution in [-0.4, -0.2) is 43.0 Å². The molecule has 0 unspecified atom stereocenters. The van der Waals surface area contributed by atoms with E-state index in [9.17, 15) is 4.79 Å². The molecule has 1 saturated heterocycles. The standard InChI is InChI=1S/C13H27N3O.2ClH/c1-4-13(14,5-2)10-15-12(17)11-6-8-16(3)9-7-11;;/h11H,4-10,14H2,1-3H3,(H,15,17);2*1H. The SMILES string of the molecule is CCC(N)(CC)CNC(=O)C1CCN(C)CC1.Cl.Cl. The fourth-order valence-electron chi connectivity index (χ4n) is 2.18. The molecular formula is C13H29Cl2N3O. The zero-order valence-corrected chi connectivity index (χ0v) is 13.9. The minimum atomic E-state index is -0.235. The van der Waals surface area contributed by atoms with Crippen LogP contribution in [0.15, 0.2) is 0 Å². The molecule has 1 heterocycles. The van der Waals surface area contributed by atoms with Gasteiger partial charge in [-0.1, -0.05) is 13.8 Å². The number of nitrogens with zero attached hydrogens (tertiary/aromatic N) is 1. The Morgan fingerprint density at radius 1 is 1.26 bits per heavy atom. The molecule has 1 amide bonds. The molecule has 0 aliphatic carbocycles. The summed E-state index contributed by atoms with van der Waals surface area (Å²) >= 11 is 0. The first-order chi connectivity index (χ1) is 8.00. The molecule has 0 radical (unpaired) electrons. The molecule has 6 heteroatoms. The van der Waals surface area contributed by atoms with E-state index in [0.717, 1.165) is 38.8 Å². The van der Waals surface area contributed by atoms with Gasteiger partial charge in [0.2, 0.25) is 5.91 Å². The topological polar surface area (TPSA) is 58.4 Å². The van der Waals surface area contributed by atoms with E-state index in [2.05, 4.69) is 31.1 Å². The third kappa shape index (κ3) is 6.80. The first-order valence-electron chi connectivity index (χ1n) is 6.76. The van der Waals surface area contributed by atoms with Gasteiger partial charge in [-0.25, -0.2) is 0 Å². The maximum Gasteiger partial charge on any atom is 0.223 e. The highest BCUT2D eigenvalue weighted by atomic mass is 35.5. The van der Waals surface area contributed by atoms with E-state index in [0.29, 0.717) is 6.54 Å². The van der Waals surface area contributed by atoms with Crippen LogP contribution >= 0.6 is 24.8 Å². The number of nitrogens with two attached hydrogens (primary N) is 1. The molecule has 0 saturated carbocycles. The molecule has 0 aromatic heterocycles. The number of hydrogen-bond acceptors (Lipinski definition) is 3. The second-order valence-electron chi connectivity index (χ2n) is 5.36.